The van der Waals surface area contributed by atoms with Crippen molar-refractivity contribution < 1.29 is 5.11 Å². The maximum atomic E-state index is 9.52. The van der Waals surface area contributed by atoms with Gasteiger partial charge in [-0.15, -0.1) is 0 Å². The molecule has 0 bridgehead atoms. The van der Waals surface area contributed by atoms with Crippen molar-refractivity contribution in [2.45, 2.75) is 0 Å². The smallest absolute Gasteiger partial charge is 0.133 e. The third-order valence-electron chi connectivity index (χ3n) is 3.04. The van der Waals surface area contributed by atoms with Gasteiger partial charge in [-0.05, 0) is 29.8 Å². The molecule has 0 aliphatic heterocycles. The molecule has 2 aromatic carbocycles. The molecular weight excluding hydrogens is 236 g/mol. The van der Waals surface area contributed by atoms with Crippen LogP contribution in [-0.4, -0.2) is 10.1 Å². The summed E-state index contributed by atoms with van der Waals surface area (Å²) in [6.45, 7) is 0. The number of fused-ring (bicyclic) bond motifs is 1. The summed E-state index contributed by atoms with van der Waals surface area (Å²) in [4.78, 5) is 4.39. The number of benzene rings is 2. The SMILES string of the molecule is N#Cc1cc(-c2cnc3ccccc3c2)ccc1O. The van der Waals surface area contributed by atoms with Crippen LogP contribution in [0.5, 0.6) is 5.75 Å². The molecule has 3 aromatic rings. The van der Waals surface area contributed by atoms with Crippen LogP contribution in [0.15, 0.2) is 54.7 Å². The Morgan fingerprint density at radius 1 is 1.00 bits per heavy atom. The minimum absolute atomic E-state index is 0.00000152. The number of nitriles is 1. The number of phenolic OH excluding ortho intramolecular Hbond substituents is 1. The van der Waals surface area contributed by atoms with Crippen molar-refractivity contribution in [3.63, 3.8) is 0 Å². The first kappa shape index (κ1) is 11.2. The number of para-hydroxylation sites is 1. The van der Waals surface area contributed by atoms with Crippen LogP contribution in [0.3, 0.4) is 0 Å². The number of rotatable bonds is 1. The molecule has 1 aromatic heterocycles. The van der Waals surface area contributed by atoms with Crippen molar-refractivity contribution >= 4 is 10.9 Å². The predicted molar refractivity (Wildman–Crippen MR) is 73.6 cm³/mol. The van der Waals surface area contributed by atoms with Crippen LogP contribution in [0.4, 0.5) is 0 Å². The molecule has 0 saturated carbocycles. The molecule has 0 saturated heterocycles. The summed E-state index contributed by atoms with van der Waals surface area (Å²) < 4.78 is 0. The zero-order valence-corrected chi connectivity index (χ0v) is 10.0. The molecule has 3 rings (SSSR count). The maximum Gasteiger partial charge on any atom is 0.133 e. The molecule has 0 atom stereocenters. The zero-order chi connectivity index (χ0) is 13.2. The predicted octanol–water partition coefficient (Wildman–Crippen LogP) is 3.48. The van der Waals surface area contributed by atoms with Gasteiger partial charge in [0.25, 0.3) is 0 Å². The average molecular weight is 246 g/mol. The summed E-state index contributed by atoms with van der Waals surface area (Å²) in [6, 6.07) is 16.8. The molecule has 3 nitrogen and oxygen atoms in total. The molecular formula is C16H10N2O. The van der Waals surface area contributed by atoms with Gasteiger partial charge < -0.3 is 5.11 Å². The van der Waals surface area contributed by atoms with Gasteiger partial charge in [0, 0.05) is 17.1 Å². The van der Waals surface area contributed by atoms with Gasteiger partial charge in [0.05, 0.1) is 11.1 Å². The molecule has 1 N–H and O–H groups in total. The quantitative estimate of drug-likeness (QED) is 0.715. The summed E-state index contributed by atoms with van der Waals surface area (Å²) in [5.41, 5.74) is 3.00. The van der Waals surface area contributed by atoms with Crippen molar-refractivity contribution in [1.82, 2.24) is 4.98 Å². The Morgan fingerprint density at radius 3 is 2.68 bits per heavy atom. The van der Waals surface area contributed by atoms with Crippen molar-refractivity contribution in [3.8, 4) is 22.9 Å². The second kappa shape index (κ2) is 4.43. The van der Waals surface area contributed by atoms with E-state index in [-0.39, 0.29) is 11.3 Å². The fourth-order valence-corrected chi connectivity index (χ4v) is 2.03. The first-order chi connectivity index (χ1) is 9.28. The monoisotopic (exact) mass is 246 g/mol. The maximum absolute atomic E-state index is 9.52. The molecule has 19 heavy (non-hydrogen) atoms. The van der Waals surface area contributed by atoms with Crippen molar-refractivity contribution in [3.05, 3.63) is 60.3 Å². The lowest BCUT2D eigenvalue weighted by atomic mass is 10.0. The zero-order valence-electron chi connectivity index (χ0n) is 10.0. The van der Waals surface area contributed by atoms with Crippen LogP contribution < -0.4 is 0 Å². The Bertz CT molecular complexity index is 803. The van der Waals surface area contributed by atoms with Gasteiger partial charge in [0.2, 0.25) is 0 Å². The van der Waals surface area contributed by atoms with Gasteiger partial charge in [-0.3, -0.25) is 4.98 Å². The molecule has 0 spiro atoms. The van der Waals surface area contributed by atoms with Crippen LogP contribution in [0, 0.1) is 11.3 Å². The Hall–Kier alpha value is -2.86. The normalized spacial score (nSPS) is 10.3. The molecule has 0 radical (unpaired) electrons. The first-order valence-corrected chi connectivity index (χ1v) is 5.86. The van der Waals surface area contributed by atoms with Crippen LogP contribution in [-0.2, 0) is 0 Å². The summed E-state index contributed by atoms with van der Waals surface area (Å²) in [6.07, 6.45) is 1.77. The largest absolute Gasteiger partial charge is 0.507 e. The molecule has 90 valence electrons. The summed E-state index contributed by atoms with van der Waals surface area (Å²) in [7, 11) is 0. The minimum atomic E-state index is -0.00000152. The van der Waals surface area contributed by atoms with E-state index in [9.17, 15) is 5.11 Å². The molecule has 0 amide bonds. The highest BCUT2D eigenvalue weighted by molar-refractivity contribution is 5.83. The van der Waals surface area contributed by atoms with Crippen molar-refractivity contribution in [1.29, 1.82) is 5.26 Å². The summed E-state index contributed by atoms with van der Waals surface area (Å²) in [5, 5.41) is 19.5. The molecule has 0 aliphatic rings. The van der Waals surface area contributed by atoms with Gasteiger partial charge in [-0.25, -0.2) is 0 Å². The number of aromatic hydroxyl groups is 1. The van der Waals surface area contributed by atoms with Gasteiger partial charge >= 0.3 is 0 Å². The topological polar surface area (TPSA) is 56.9 Å². The Balaban J connectivity index is 2.16. The van der Waals surface area contributed by atoms with E-state index in [1.807, 2.05) is 36.4 Å². The highest BCUT2D eigenvalue weighted by Crippen LogP contribution is 2.26. The van der Waals surface area contributed by atoms with E-state index in [4.69, 9.17) is 5.26 Å². The van der Waals surface area contributed by atoms with Gasteiger partial charge in [0.15, 0.2) is 0 Å². The minimum Gasteiger partial charge on any atom is -0.507 e. The fourth-order valence-electron chi connectivity index (χ4n) is 2.03. The number of hydrogen-bond donors (Lipinski definition) is 1. The summed E-state index contributed by atoms with van der Waals surface area (Å²) >= 11 is 0. The number of pyridine rings is 1. The van der Waals surface area contributed by atoms with Gasteiger partial charge in [-0.1, -0.05) is 24.3 Å². The van der Waals surface area contributed by atoms with Crippen molar-refractivity contribution in [2.24, 2.45) is 0 Å². The number of aromatic nitrogens is 1. The first-order valence-electron chi connectivity index (χ1n) is 5.86. The third-order valence-corrected chi connectivity index (χ3v) is 3.04. The van der Waals surface area contributed by atoms with Gasteiger partial charge in [0.1, 0.15) is 11.8 Å². The van der Waals surface area contributed by atoms with E-state index in [0.29, 0.717) is 0 Å². The Labute approximate surface area is 110 Å². The summed E-state index contributed by atoms with van der Waals surface area (Å²) in [5.74, 6) is -0.00000152. The van der Waals surface area contributed by atoms with Crippen LogP contribution in [0.1, 0.15) is 5.56 Å². The number of nitrogens with zero attached hydrogens (tertiary/aromatic N) is 2. The Kier molecular flexibility index (Phi) is 2.62. The second-order valence-corrected chi connectivity index (χ2v) is 4.26. The van der Waals surface area contributed by atoms with E-state index in [1.165, 1.54) is 6.07 Å². The molecule has 3 heteroatoms. The molecule has 1 heterocycles. The molecule has 0 fully saturated rings. The van der Waals surface area contributed by atoms with E-state index < -0.39 is 0 Å². The fraction of sp³-hybridized carbons (Fsp3) is 0. The molecule has 0 unspecified atom stereocenters. The number of hydrogen-bond acceptors (Lipinski definition) is 3. The molecule has 0 aliphatic carbocycles. The van der Waals surface area contributed by atoms with Gasteiger partial charge in [-0.2, -0.15) is 5.26 Å². The lowest BCUT2D eigenvalue weighted by Gasteiger charge is -2.05. The lowest BCUT2D eigenvalue weighted by Crippen LogP contribution is -1.84. The van der Waals surface area contributed by atoms with Crippen LogP contribution in [0.2, 0.25) is 0 Å². The van der Waals surface area contributed by atoms with E-state index >= 15 is 0 Å². The van der Waals surface area contributed by atoms with Crippen LogP contribution in [0.25, 0.3) is 22.0 Å². The lowest BCUT2D eigenvalue weighted by molar-refractivity contribution is 0.473. The van der Waals surface area contributed by atoms with E-state index in [0.717, 1.165) is 22.0 Å². The highest BCUT2D eigenvalue weighted by Gasteiger charge is 2.05. The Morgan fingerprint density at radius 2 is 1.84 bits per heavy atom. The van der Waals surface area contributed by atoms with E-state index in [2.05, 4.69) is 4.98 Å². The van der Waals surface area contributed by atoms with E-state index in [1.54, 1.807) is 18.3 Å². The second-order valence-electron chi connectivity index (χ2n) is 4.26. The standard InChI is InChI=1S/C16H10N2O/c17-9-13-7-11(5-6-16(13)19)14-8-12-3-1-2-4-15(12)18-10-14/h1-8,10,19H. The van der Waals surface area contributed by atoms with Crippen LogP contribution >= 0.6 is 0 Å². The average Bonchev–Trinajstić information content (AvgIpc) is 2.47. The highest BCUT2D eigenvalue weighted by atomic mass is 16.3. The van der Waals surface area contributed by atoms with Crippen molar-refractivity contribution in [2.75, 3.05) is 0 Å². The number of phenols is 1. The third kappa shape index (κ3) is 2.00.